The van der Waals surface area contributed by atoms with E-state index in [1.54, 1.807) is 41.4 Å². The molecule has 2 aromatic carbocycles. The molecule has 3 unspecified atom stereocenters. The summed E-state index contributed by atoms with van der Waals surface area (Å²) in [6.07, 6.45) is 1.85. The molecule has 194 valence electrons. The minimum Gasteiger partial charge on any atom is -0.493 e. The summed E-state index contributed by atoms with van der Waals surface area (Å²) in [4.78, 5) is 13.0. The minimum absolute atomic E-state index is 0.0373. The van der Waals surface area contributed by atoms with Crippen molar-refractivity contribution in [3.8, 4) is 45.6 Å². The van der Waals surface area contributed by atoms with E-state index < -0.39 is 6.10 Å². The summed E-state index contributed by atoms with van der Waals surface area (Å²) in [6, 6.07) is 3.86. The summed E-state index contributed by atoms with van der Waals surface area (Å²) < 4.78 is 41.0. The first-order chi connectivity index (χ1) is 17.3. The number of carbonyl (C=O) groups excluding carboxylic acids is 1. The molecule has 36 heavy (non-hydrogen) atoms. The Kier molecular flexibility index (Phi) is 7.24. The van der Waals surface area contributed by atoms with E-state index in [-0.39, 0.29) is 24.6 Å². The Morgan fingerprint density at radius 3 is 2.25 bits per heavy atom. The fourth-order valence-electron chi connectivity index (χ4n) is 4.96. The normalized spacial score (nSPS) is 20.4. The van der Waals surface area contributed by atoms with Crippen molar-refractivity contribution >= 4 is 5.97 Å². The number of esters is 1. The molecule has 3 atom stereocenters. The van der Waals surface area contributed by atoms with Crippen LogP contribution in [-0.4, -0.2) is 41.2 Å². The molecule has 8 heteroatoms. The number of rotatable bonds is 6. The zero-order valence-electron chi connectivity index (χ0n) is 22.1. The molecule has 0 fully saturated rings. The van der Waals surface area contributed by atoms with Crippen LogP contribution in [0.3, 0.4) is 0 Å². The van der Waals surface area contributed by atoms with Crippen LogP contribution in [-0.2, 0) is 16.0 Å². The van der Waals surface area contributed by atoms with Crippen molar-refractivity contribution in [2.45, 2.75) is 40.2 Å². The largest absolute Gasteiger partial charge is 0.493 e. The summed E-state index contributed by atoms with van der Waals surface area (Å²) in [5.74, 6) is 2.78. The van der Waals surface area contributed by atoms with E-state index in [0.717, 1.165) is 16.7 Å². The molecule has 0 bridgehead atoms. The molecule has 0 spiro atoms. The molecule has 0 N–H and O–H groups in total. The average molecular weight is 499 g/mol. The lowest BCUT2D eigenvalue weighted by Crippen LogP contribution is -2.27. The molecular formula is C28H34O8. The second-order valence-corrected chi connectivity index (χ2v) is 9.13. The van der Waals surface area contributed by atoms with Crippen LogP contribution < -0.4 is 28.4 Å². The van der Waals surface area contributed by atoms with Crippen molar-refractivity contribution in [1.82, 2.24) is 0 Å². The first-order valence-corrected chi connectivity index (χ1v) is 12.0. The van der Waals surface area contributed by atoms with Gasteiger partial charge < -0.3 is 33.2 Å². The number of hydrogen-bond acceptors (Lipinski definition) is 8. The third-order valence-corrected chi connectivity index (χ3v) is 7.23. The first-order valence-electron chi connectivity index (χ1n) is 12.0. The lowest BCUT2D eigenvalue weighted by molar-refractivity contribution is -0.148. The van der Waals surface area contributed by atoms with Gasteiger partial charge in [-0.3, -0.25) is 0 Å². The van der Waals surface area contributed by atoms with Gasteiger partial charge in [0, 0.05) is 28.2 Å². The van der Waals surface area contributed by atoms with Gasteiger partial charge in [-0.05, 0) is 43.9 Å². The van der Waals surface area contributed by atoms with Crippen molar-refractivity contribution in [2.75, 3.05) is 35.2 Å². The van der Waals surface area contributed by atoms with E-state index in [1.165, 1.54) is 0 Å². The summed E-state index contributed by atoms with van der Waals surface area (Å²) in [5, 5.41) is 0. The lowest BCUT2D eigenvalue weighted by atomic mass is 9.75. The highest BCUT2D eigenvalue weighted by Gasteiger charge is 2.39. The zero-order valence-corrected chi connectivity index (χ0v) is 22.1. The van der Waals surface area contributed by atoms with Crippen LogP contribution in [0.1, 0.15) is 44.9 Å². The topological polar surface area (TPSA) is 81.7 Å². The highest BCUT2D eigenvalue weighted by atomic mass is 16.7. The Balaban J connectivity index is 2.13. The molecule has 1 aliphatic heterocycles. The van der Waals surface area contributed by atoms with Gasteiger partial charge in [0.15, 0.2) is 23.0 Å². The van der Waals surface area contributed by atoms with Crippen molar-refractivity contribution in [3.63, 3.8) is 0 Å². The highest BCUT2D eigenvalue weighted by Crippen LogP contribution is 2.58. The monoisotopic (exact) mass is 498 g/mol. The highest BCUT2D eigenvalue weighted by molar-refractivity contribution is 5.90. The van der Waals surface area contributed by atoms with Crippen LogP contribution in [0.4, 0.5) is 0 Å². The van der Waals surface area contributed by atoms with Crippen molar-refractivity contribution in [2.24, 2.45) is 11.8 Å². The lowest BCUT2D eigenvalue weighted by Gasteiger charge is -2.35. The van der Waals surface area contributed by atoms with Crippen LogP contribution in [0.15, 0.2) is 23.8 Å². The fourth-order valence-corrected chi connectivity index (χ4v) is 4.96. The van der Waals surface area contributed by atoms with E-state index in [9.17, 15) is 4.79 Å². The van der Waals surface area contributed by atoms with Crippen LogP contribution in [0.2, 0.25) is 0 Å². The van der Waals surface area contributed by atoms with Gasteiger partial charge in [-0.2, -0.15) is 0 Å². The van der Waals surface area contributed by atoms with Crippen LogP contribution in [0.5, 0.6) is 34.5 Å². The summed E-state index contributed by atoms with van der Waals surface area (Å²) in [6.45, 7) is 7.91. The maximum Gasteiger partial charge on any atom is 0.333 e. The molecule has 2 aromatic rings. The standard InChI is InChI=1S/C28H34O8/c1-9-14(2)28(29)36-23-16(4)15(3)10-17-11-20-25(35-13-34-20)26(32-7)21(17)22-18(23)12-19(30-5)24(31-6)27(22)33-8/h9,11-12,15-16,23H,10,13H2,1-8H3/b14-9+. The van der Waals surface area contributed by atoms with Crippen molar-refractivity contribution in [1.29, 1.82) is 0 Å². The van der Waals surface area contributed by atoms with Crippen molar-refractivity contribution < 1.29 is 38.0 Å². The zero-order chi connectivity index (χ0) is 26.1. The third kappa shape index (κ3) is 4.08. The van der Waals surface area contributed by atoms with Crippen LogP contribution in [0.25, 0.3) is 11.1 Å². The predicted octanol–water partition coefficient (Wildman–Crippen LogP) is 5.50. The van der Waals surface area contributed by atoms with E-state index in [4.69, 9.17) is 33.2 Å². The molecular weight excluding hydrogens is 464 g/mol. The number of allylic oxidation sites excluding steroid dienone is 1. The first kappa shape index (κ1) is 25.5. The van der Waals surface area contributed by atoms with E-state index in [1.807, 2.05) is 19.1 Å². The van der Waals surface area contributed by atoms with Gasteiger partial charge in [0.25, 0.3) is 0 Å². The Labute approximate surface area is 212 Å². The Hall–Kier alpha value is -3.55. The van der Waals surface area contributed by atoms with E-state index >= 15 is 0 Å². The van der Waals surface area contributed by atoms with Gasteiger partial charge in [-0.25, -0.2) is 4.79 Å². The number of benzene rings is 2. The second-order valence-electron chi connectivity index (χ2n) is 9.13. The van der Waals surface area contributed by atoms with Crippen molar-refractivity contribution in [3.05, 3.63) is 34.9 Å². The summed E-state index contributed by atoms with van der Waals surface area (Å²) >= 11 is 0. The van der Waals surface area contributed by atoms with Gasteiger partial charge in [-0.1, -0.05) is 19.9 Å². The second kappa shape index (κ2) is 10.2. The number of methoxy groups -OCH3 is 4. The molecule has 0 radical (unpaired) electrons. The fraction of sp³-hybridized carbons (Fsp3) is 0.464. The molecule has 0 saturated carbocycles. The van der Waals surface area contributed by atoms with E-state index in [2.05, 4.69) is 13.8 Å². The molecule has 0 amide bonds. The number of hydrogen-bond donors (Lipinski definition) is 0. The summed E-state index contributed by atoms with van der Waals surface area (Å²) in [7, 11) is 6.30. The maximum atomic E-state index is 13.0. The molecule has 2 aliphatic rings. The Morgan fingerprint density at radius 2 is 1.64 bits per heavy atom. The van der Waals surface area contributed by atoms with Crippen LogP contribution in [0, 0.1) is 11.8 Å². The predicted molar refractivity (Wildman–Crippen MR) is 135 cm³/mol. The van der Waals surface area contributed by atoms with Crippen LogP contribution >= 0.6 is 0 Å². The smallest absolute Gasteiger partial charge is 0.333 e. The van der Waals surface area contributed by atoms with Gasteiger partial charge >= 0.3 is 5.97 Å². The quantitative estimate of drug-likeness (QED) is 0.382. The molecule has 8 nitrogen and oxygen atoms in total. The molecule has 1 heterocycles. The average Bonchev–Trinajstić information content (AvgIpc) is 3.36. The molecule has 0 aromatic heterocycles. The molecule has 1 aliphatic carbocycles. The van der Waals surface area contributed by atoms with Gasteiger partial charge in [-0.15, -0.1) is 0 Å². The number of carbonyl (C=O) groups is 1. The maximum absolute atomic E-state index is 13.0. The third-order valence-electron chi connectivity index (χ3n) is 7.23. The molecule has 4 rings (SSSR count). The molecule has 0 saturated heterocycles. The number of fused-ring (bicyclic) bond motifs is 4. The number of ether oxygens (including phenoxy) is 7. The van der Waals surface area contributed by atoms with Gasteiger partial charge in [0.1, 0.15) is 6.10 Å². The Bertz CT molecular complexity index is 1200. The Morgan fingerprint density at radius 1 is 0.944 bits per heavy atom. The van der Waals surface area contributed by atoms with E-state index in [0.29, 0.717) is 52.1 Å². The minimum atomic E-state index is -0.589. The summed E-state index contributed by atoms with van der Waals surface area (Å²) in [5.41, 5.74) is 3.77. The SMILES string of the molecule is C/C=C(\C)C(=O)OC1c2cc(OC)c(OC)c(OC)c2-c2c(cc3c(c2OC)OCO3)CC(C)C1C. The van der Waals surface area contributed by atoms with Gasteiger partial charge in [0.2, 0.25) is 18.3 Å². The van der Waals surface area contributed by atoms with Gasteiger partial charge in [0.05, 0.1) is 28.4 Å².